The lowest BCUT2D eigenvalue weighted by Crippen LogP contribution is -2.29. The van der Waals surface area contributed by atoms with Gasteiger partial charge in [0.05, 0.1) is 29.1 Å². The van der Waals surface area contributed by atoms with Crippen LogP contribution in [0.1, 0.15) is 25.3 Å². The molecule has 0 unspecified atom stereocenters. The van der Waals surface area contributed by atoms with Gasteiger partial charge in [0.15, 0.2) is 9.84 Å². The summed E-state index contributed by atoms with van der Waals surface area (Å²) >= 11 is 9.32. The highest BCUT2D eigenvalue weighted by Gasteiger charge is 2.32. The Kier molecular flexibility index (Phi) is 7.28. The number of carbonyl (C=O) groups excluding carboxylic acids is 2. The number of nitrogens with zero attached hydrogens (tertiary/aromatic N) is 1. The molecule has 0 aromatic heterocycles. The molecular weight excluding hydrogens is 508 g/mol. The molecule has 0 radical (unpaired) electrons. The molecule has 2 amide bonds. The molecule has 2 aromatic rings. The second kappa shape index (κ2) is 9.58. The van der Waals surface area contributed by atoms with E-state index >= 15 is 0 Å². The van der Waals surface area contributed by atoms with Gasteiger partial charge in [0.1, 0.15) is 5.75 Å². The molecule has 3 rings (SSSR count). The first-order valence-corrected chi connectivity index (χ1v) is 12.5. The maximum atomic E-state index is 13.2. The van der Waals surface area contributed by atoms with Gasteiger partial charge in [0.2, 0.25) is 11.8 Å². The number of hydrogen-bond acceptors (Lipinski definition) is 5. The Hall–Kier alpha value is -2.10. The Morgan fingerprint density at radius 3 is 2.68 bits per heavy atom. The lowest BCUT2D eigenvalue weighted by molar-refractivity contribution is -0.118. The quantitative estimate of drug-likeness (QED) is 0.580. The van der Waals surface area contributed by atoms with E-state index in [1.807, 2.05) is 6.07 Å². The van der Waals surface area contributed by atoms with E-state index in [0.717, 1.165) is 5.56 Å². The van der Waals surface area contributed by atoms with Crippen molar-refractivity contribution in [2.75, 3.05) is 29.6 Å². The normalized spacial score (nSPS) is 13.1. The SMILES string of the molecule is CCC(=O)N1CCc2cc(Br)cc(S(=O)(=O)CCC(=O)Nc3cc(Cl)ccc3OC)c21. The van der Waals surface area contributed by atoms with Crippen LogP contribution < -0.4 is 15.0 Å². The van der Waals surface area contributed by atoms with Gasteiger partial charge >= 0.3 is 0 Å². The zero-order chi connectivity index (χ0) is 22.8. The Morgan fingerprint density at radius 1 is 1.26 bits per heavy atom. The maximum absolute atomic E-state index is 13.2. The van der Waals surface area contributed by atoms with E-state index in [0.29, 0.717) is 39.6 Å². The predicted molar refractivity (Wildman–Crippen MR) is 124 cm³/mol. The summed E-state index contributed by atoms with van der Waals surface area (Å²) in [5, 5.41) is 3.05. The van der Waals surface area contributed by atoms with Crippen molar-refractivity contribution in [2.45, 2.75) is 31.1 Å². The van der Waals surface area contributed by atoms with Gasteiger partial charge in [-0.25, -0.2) is 8.42 Å². The van der Waals surface area contributed by atoms with E-state index in [2.05, 4.69) is 21.2 Å². The van der Waals surface area contributed by atoms with E-state index < -0.39 is 21.5 Å². The molecule has 0 spiro atoms. The lowest BCUT2D eigenvalue weighted by atomic mass is 10.2. The first kappa shape index (κ1) is 23.6. The third-order valence-electron chi connectivity index (χ3n) is 4.97. The van der Waals surface area contributed by atoms with Gasteiger partial charge in [-0.05, 0) is 42.3 Å². The Bertz CT molecular complexity index is 1140. The van der Waals surface area contributed by atoms with Crippen molar-refractivity contribution >= 4 is 60.6 Å². The number of ether oxygens (including phenoxy) is 1. The number of anilines is 2. The number of hydrogen-bond donors (Lipinski definition) is 1. The van der Waals surface area contributed by atoms with Gasteiger partial charge < -0.3 is 15.0 Å². The lowest BCUT2D eigenvalue weighted by Gasteiger charge is -2.20. The van der Waals surface area contributed by atoms with Crippen LogP contribution in [0, 0.1) is 0 Å². The van der Waals surface area contributed by atoms with Gasteiger partial charge in [-0.2, -0.15) is 0 Å². The number of halogens is 2. The minimum atomic E-state index is -3.84. The van der Waals surface area contributed by atoms with Crippen molar-refractivity contribution in [1.82, 2.24) is 0 Å². The fourth-order valence-electron chi connectivity index (χ4n) is 3.47. The van der Waals surface area contributed by atoms with Crippen molar-refractivity contribution in [3.05, 3.63) is 45.4 Å². The molecule has 0 fully saturated rings. The molecule has 1 aliphatic heterocycles. The molecule has 7 nitrogen and oxygen atoms in total. The summed E-state index contributed by atoms with van der Waals surface area (Å²) in [6, 6.07) is 8.08. The van der Waals surface area contributed by atoms with Crippen LogP contribution in [-0.4, -0.2) is 39.6 Å². The third-order valence-corrected chi connectivity index (χ3v) is 7.38. The number of rotatable bonds is 7. The monoisotopic (exact) mass is 528 g/mol. The van der Waals surface area contributed by atoms with Crippen molar-refractivity contribution in [2.24, 2.45) is 0 Å². The van der Waals surface area contributed by atoms with E-state index in [-0.39, 0.29) is 23.6 Å². The van der Waals surface area contributed by atoms with E-state index in [9.17, 15) is 18.0 Å². The molecule has 1 aliphatic rings. The average Bonchev–Trinajstić information content (AvgIpc) is 3.15. The van der Waals surface area contributed by atoms with Gasteiger partial charge in [-0.1, -0.05) is 34.5 Å². The summed E-state index contributed by atoms with van der Waals surface area (Å²) in [6.07, 6.45) is 0.595. The summed E-state index contributed by atoms with van der Waals surface area (Å²) in [7, 11) is -2.38. The van der Waals surface area contributed by atoms with Gasteiger partial charge in [0, 0.05) is 28.9 Å². The highest BCUT2D eigenvalue weighted by Crippen LogP contribution is 2.38. The number of fused-ring (bicyclic) bond motifs is 1. The fraction of sp³-hybridized carbons (Fsp3) is 0.333. The van der Waals surface area contributed by atoms with Crippen LogP contribution in [0.4, 0.5) is 11.4 Å². The standard InChI is InChI=1S/C21H22BrClN2O5S/c1-3-20(27)25-8-6-13-10-14(22)11-18(21(13)25)31(28,29)9-7-19(26)24-16-12-15(23)4-5-17(16)30-2/h4-5,10-12H,3,6-9H2,1-2H3,(H,24,26). The van der Waals surface area contributed by atoms with Crippen LogP contribution in [0.15, 0.2) is 39.7 Å². The molecule has 1 N–H and O–H groups in total. The molecule has 2 aromatic carbocycles. The molecule has 0 atom stereocenters. The minimum absolute atomic E-state index is 0.0595. The summed E-state index contributed by atoms with van der Waals surface area (Å²) in [5.41, 5.74) is 1.58. The Labute approximate surface area is 194 Å². The summed E-state index contributed by atoms with van der Waals surface area (Å²) in [6.45, 7) is 2.18. The topological polar surface area (TPSA) is 92.8 Å². The maximum Gasteiger partial charge on any atom is 0.226 e. The number of amides is 2. The second-order valence-corrected chi connectivity index (χ2v) is 10.5. The smallest absolute Gasteiger partial charge is 0.226 e. The van der Waals surface area contributed by atoms with Crippen molar-refractivity contribution in [1.29, 1.82) is 0 Å². The van der Waals surface area contributed by atoms with Gasteiger partial charge in [-0.15, -0.1) is 0 Å². The molecule has 31 heavy (non-hydrogen) atoms. The van der Waals surface area contributed by atoms with Crippen LogP contribution >= 0.6 is 27.5 Å². The Balaban J connectivity index is 1.82. The Morgan fingerprint density at radius 2 is 2.00 bits per heavy atom. The van der Waals surface area contributed by atoms with Gasteiger partial charge in [-0.3, -0.25) is 9.59 Å². The zero-order valence-electron chi connectivity index (χ0n) is 17.1. The van der Waals surface area contributed by atoms with Gasteiger partial charge in [0.25, 0.3) is 0 Å². The summed E-state index contributed by atoms with van der Waals surface area (Å²) < 4.78 is 32.1. The number of sulfone groups is 1. The second-order valence-electron chi connectivity index (χ2n) is 7.02. The van der Waals surface area contributed by atoms with Crippen LogP contribution in [-0.2, 0) is 25.8 Å². The first-order chi connectivity index (χ1) is 14.7. The molecule has 0 bridgehead atoms. The number of carbonyl (C=O) groups is 2. The molecule has 1 heterocycles. The predicted octanol–water partition coefficient (Wildman–Crippen LogP) is 4.21. The number of benzene rings is 2. The van der Waals surface area contributed by atoms with Crippen LogP contribution in [0.2, 0.25) is 5.02 Å². The minimum Gasteiger partial charge on any atom is -0.495 e. The number of methoxy groups -OCH3 is 1. The average molecular weight is 530 g/mol. The van der Waals surface area contributed by atoms with Crippen LogP contribution in [0.5, 0.6) is 5.75 Å². The third kappa shape index (κ3) is 5.22. The first-order valence-electron chi connectivity index (χ1n) is 9.65. The molecule has 10 heteroatoms. The van der Waals surface area contributed by atoms with Crippen molar-refractivity contribution in [3.63, 3.8) is 0 Å². The van der Waals surface area contributed by atoms with Crippen LogP contribution in [0.3, 0.4) is 0 Å². The number of nitrogens with one attached hydrogen (secondary N) is 1. The largest absolute Gasteiger partial charge is 0.495 e. The van der Waals surface area contributed by atoms with Crippen molar-refractivity contribution in [3.8, 4) is 5.75 Å². The summed E-state index contributed by atoms with van der Waals surface area (Å²) in [5.74, 6) is -0.613. The molecule has 0 saturated carbocycles. The molecule has 0 saturated heterocycles. The highest BCUT2D eigenvalue weighted by molar-refractivity contribution is 9.10. The van der Waals surface area contributed by atoms with Crippen molar-refractivity contribution < 1.29 is 22.7 Å². The molecular formula is C21H22BrClN2O5S. The van der Waals surface area contributed by atoms with Crippen LogP contribution in [0.25, 0.3) is 0 Å². The van der Waals surface area contributed by atoms with E-state index in [1.54, 1.807) is 19.1 Å². The zero-order valence-corrected chi connectivity index (χ0v) is 20.2. The molecule has 0 aliphatic carbocycles. The highest BCUT2D eigenvalue weighted by atomic mass is 79.9. The fourth-order valence-corrected chi connectivity index (χ4v) is 5.82. The van der Waals surface area contributed by atoms with E-state index in [1.165, 1.54) is 24.1 Å². The summed E-state index contributed by atoms with van der Waals surface area (Å²) in [4.78, 5) is 26.4. The molecule has 166 valence electrons. The van der Waals surface area contributed by atoms with E-state index in [4.69, 9.17) is 16.3 Å².